The lowest BCUT2D eigenvalue weighted by Gasteiger charge is -2.24. The molecule has 0 saturated carbocycles. The molecule has 1 aliphatic carbocycles. The molecule has 1 aliphatic rings. The Hall–Kier alpha value is -2.99. The molecule has 0 saturated heterocycles. The van der Waals surface area contributed by atoms with Crippen molar-refractivity contribution in [2.45, 2.75) is 18.8 Å². The fourth-order valence-corrected chi connectivity index (χ4v) is 3.95. The van der Waals surface area contributed by atoms with Gasteiger partial charge >= 0.3 is 0 Å². The van der Waals surface area contributed by atoms with Crippen LogP contribution in [0.3, 0.4) is 0 Å². The fourth-order valence-electron chi connectivity index (χ4n) is 3.82. The molecule has 150 valence electrons. The van der Waals surface area contributed by atoms with Crippen LogP contribution in [0.5, 0.6) is 17.2 Å². The zero-order chi connectivity index (χ0) is 20.5. The van der Waals surface area contributed by atoms with Crippen molar-refractivity contribution in [2.75, 3.05) is 21.3 Å². The average Bonchev–Trinajstić information content (AvgIpc) is 3.17. The number of methoxy groups -OCH3 is 3. The van der Waals surface area contributed by atoms with Gasteiger partial charge in [0.1, 0.15) is 0 Å². The van der Waals surface area contributed by atoms with Crippen LogP contribution in [0.15, 0.2) is 42.6 Å². The molecule has 1 atom stereocenters. The van der Waals surface area contributed by atoms with Gasteiger partial charge in [0, 0.05) is 11.4 Å². The third-order valence-electron chi connectivity index (χ3n) is 5.27. The van der Waals surface area contributed by atoms with E-state index in [2.05, 4.69) is 5.10 Å². The first-order chi connectivity index (χ1) is 14.0. The minimum absolute atomic E-state index is 0.0218. The largest absolute Gasteiger partial charge is 0.493 e. The van der Waals surface area contributed by atoms with Gasteiger partial charge in [-0.2, -0.15) is 5.10 Å². The number of hydrogen-bond acceptors (Lipinski definition) is 5. The molecule has 1 aromatic heterocycles. The van der Waals surface area contributed by atoms with Gasteiger partial charge in [-0.1, -0.05) is 11.6 Å². The molecular weight excluding hydrogens is 392 g/mol. The number of fused-ring (bicyclic) bond motifs is 1. The van der Waals surface area contributed by atoms with Crippen LogP contribution >= 0.6 is 11.6 Å². The van der Waals surface area contributed by atoms with E-state index in [1.807, 2.05) is 41.1 Å². The molecule has 0 fully saturated rings. The van der Waals surface area contributed by atoms with Crippen LogP contribution in [-0.4, -0.2) is 36.9 Å². The standard InChI is InChI=1S/C22H21ClN2O4/c1-27-20-10-14(11-21(28-2)22(20)29-3)13-8-18-17(19(26)9-13)12-24-25(18)16-6-4-15(23)5-7-16/h4-7,10-13H,8-9H2,1-3H3. The van der Waals surface area contributed by atoms with Crippen LogP contribution in [0.1, 0.15) is 34.0 Å². The molecular formula is C22H21ClN2O4. The number of halogens is 1. The summed E-state index contributed by atoms with van der Waals surface area (Å²) in [5, 5.41) is 5.11. The van der Waals surface area contributed by atoms with E-state index in [1.54, 1.807) is 27.5 Å². The second-order valence-electron chi connectivity index (χ2n) is 6.88. The number of carbonyl (C=O) groups excluding carboxylic acids is 1. The molecule has 2 aromatic carbocycles. The Morgan fingerprint density at radius 3 is 2.24 bits per heavy atom. The summed E-state index contributed by atoms with van der Waals surface area (Å²) < 4.78 is 18.2. The summed E-state index contributed by atoms with van der Waals surface area (Å²) >= 11 is 6.01. The summed E-state index contributed by atoms with van der Waals surface area (Å²) in [5.41, 5.74) is 3.39. The van der Waals surface area contributed by atoms with Crippen LogP contribution in [0.25, 0.3) is 5.69 Å². The number of hydrogen-bond donors (Lipinski definition) is 0. The van der Waals surface area contributed by atoms with Crippen molar-refractivity contribution < 1.29 is 19.0 Å². The topological polar surface area (TPSA) is 62.6 Å². The summed E-state index contributed by atoms with van der Waals surface area (Å²) in [6.07, 6.45) is 2.72. The Balaban J connectivity index is 1.75. The highest BCUT2D eigenvalue weighted by atomic mass is 35.5. The van der Waals surface area contributed by atoms with Gasteiger partial charge in [0.15, 0.2) is 17.3 Å². The molecule has 6 nitrogen and oxygen atoms in total. The van der Waals surface area contributed by atoms with E-state index in [-0.39, 0.29) is 11.7 Å². The zero-order valence-electron chi connectivity index (χ0n) is 16.4. The highest BCUT2D eigenvalue weighted by Crippen LogP contribution is 2.43. The second-order valence-corrected chi connectivity index (χ2v) is 7.32. The van der Waals surface area contributed by atoms with E-state index >= 15 is 0 Å². The predicted molar refractivity (Wildman–Crippen MR) is 110 cm³/mol. The van der Waals surface area contributed by atoms with Crippen molar-refractivity contribution in [1.82, 2.24) is 9.78 Å². The lowest BCUT2D eigenvalue weighted by atomic mass is 9.82. The number of nitrogens with zero attached hydrogens (tertiary/aromatic N) is 2. The summed E-state index contributed by atoms with van der Waals surface area (Å²) in [6, 6.07) is 11.2. The summed E-state index contributed by atoms with van der Waals surface area (Å²) in [5.74, 6) is 1.74. The molecule has 0 radical (unpaired) electrons. The first-order valence-electron chi connectivity index (χ1n) is 9.21. The molecule has 0 aliphatic heterocycles. The van der Waals surface area contributed by atoms with Gasteiger partial charge in [-0.15, -0.1) is 0 Å². The number of Topliss-reactive ketones (excluding diaryl/α,β-unsaturated/α-hetero) is 1. The third-order valence-corrected chi connectivity index (χ3v) is 5.52. The molecule has 29 heavy (non-hydrogen) atoms. The Morgan fingerprint density at radius 2 is 1.66 bits per heavy atom. The van der Waals surface area contributed by atoms with E-state index < -0.39 is 0 Å². The van der Waals surface area contributed by atoms with Crippen LogP contribution < -0.4 is 14.2 Å². The summed E-state index contributed by atoms with van der Waals surface area (Å²) in [4.78, 5) is 12.8. The van der Waals surface area contributed by atoms with Crippen molar-refractivity contribution in [2.24, 2.45) is 0 Å². The normalized spacial score (nSPS) is 15.7. The SMILES string of the molecule is COc1cc(C2CC(=O)c3cnn(-c4ccc(Cl)cc4)c3C2)cc(OC)c1OC. The monoisotopic (exact) mass is 412 g/mol. The molecule has 4 rings (SSSR count). The van der Waals surface area contributed by atoms with E-state index in [9.17, 15) is 4.79 Å². The lowest BCUT2D eigenvalue weighted by molar-refractivity contribution is 0.0963. The van der Waals surface area contributed by atoms with E-state index in [4.69, 9.17) is 25.8 Å². The van der Waals surface area contributed by atoms with Gasteiger partial charge in [0.2, 0.25) is 5.75 Å². The van der Waals surface area contributed by atoms with Crippen LogP contribution in [-0.2, 0) is 6.42 Å². The van der Waals surface area contributed by atoms with Crippen molar-refractivity contribution in [3.8, 4) is 22.9 Å². The van der Waals surface area contributed by atoms with E-state index in [0.717, 1.165) is 16.9 Å². The van der Waals surface area contributed by atoms with Gasteiger partial charge in [-0.3, -0.25) is 4.79 Å². The van der Waals surface area contributed by atoms with Gasteiger partial charge in [-0.05, 0) is 54.3 Å². The van der Waals surface area contributed by atoms with E-state index in [1.165, 1.54) is 0 Å². The summed E-state index contributed by atoms with van der Waals surface area (Å²) in [6.45, 7) is 0. The molecule has 0 spiro atoms. The van der Waals surface area contributed by atoms with Gasteiger partial charge < -0.3 is 14.2 Å². The van der Waals surface area contributed by atoms with Crippen LogP contribution in [0.4, 0.5) is 0 Å². The third kappa shape index (κ3) is 3.44. The lowest BCUT2D eigenvalue weighted by Crippen LogP contribution is -2.20. The number of carbonyl (C=O) groups is 1. The van der Waals surface area contributed by atoms with Gasteiger partial charge in [0.25, 0.3) is 0 Å². The first-order valence-corrected chi connectivity index (χ1v) is 9.59. The Bertz CT molecular complexity index is 1030. The molecule has 3 aromatic rings. The maximum absolute atomic E-state index is 12.8. The second kappa shape index (κ2) is 7.79. The number of ketones is 1. The first kappa shape index (κ1) is 19.3. The molecule has 1 heterocycles. The molecule has 0 amide bonds. The van der Waals surface area contributed by atoms with Crippen LogP contribution in [0, 0.1) is 0 Å². The Morgan fingerprint density at radius 1 is 1.00 bits per heavy atom. The highest BCUT2D eigenvalue weighted by molar-refractivity contribution is 6.30. The zero-order valence-corrected chi connectivity index (χ0v) is 17.2. The van der Waals surface area contributed by atoms with Crippen LogP contribution in [0.2, 0.25) is 5.02 Å². The summed E-state index contributed by atoms with van der Waals surface area (Å²) in [7, 11) is 4.74. The van der Waals surface area contributed by atoms with Gasteiger partial charge in [-0.25, -0.2) is 4.68 Å². The molecule has 1 unspecified atom stereocenters. The predicted octanol–water partition coefficient (Wildman–Crippen LogP) is 4.46. The number of ether oxygens (including phenoxy) is 3. The number of benzene rings is 2. The van der Waals surface area contributed by atoms with Crippen molar-refractivity contribution >= 4 is 17.4 Å². The Labute approximate surface area is 174 Å². The van der Waals surface area contributed by atoms with Crippen molar-refractivity contribution in [3.05, 3.63) is 64.4 Å². The maximum atomic E-state index is 12.8. The van der Waals surface area contributed by atoms with Gasteiger partial charge in [0.05, 0.1) is 44.5 Å². The minimum atomic E-state index is -0.0218. The van der Waals surface area contributed by atoms with Crippen molar-refractivity contribution in [3.63, 3.8) is 0 Å². The average molecular weight is 413 g/mol. The molecule has 0 bridgehead atoms. The minimum Gasteiger partial charge on any atom is -0.493 e. The number of aromatic nitrogens is 2. The fraction of sp³-hybridized carbons (Fsp3) is 0.273. The number of rotatable bonds is 5. The highest BCUT2D eigenvalue weighted by Gasteiger charge is 2.31. The quantitative estimate of drug-likeness (QED) is 0.619. The molecule has 7 heteroatoms. The van der Waals surface area contributed by atoms with E-state index in [0.29, 0.717) is 40.7 Å². The smallest absolute Gasteiger partial charge is 0.203 e. The molecule has 0 N–H and O–H groups in total. The maximum Gasteiger partial charge on any atom is 0.203 e. The Kier molecular flexibility index (Phi) is 5.20. The van der Waals surface area contributed by atoms with Crippen molar-refractivity contribution in [1.29, 1.82) is 0 Å².